The van der Waals surface area contributed by atoms with E-state index in [0.717, 1.165) is 167 Å². The van der Waals surface area contributed by atoms with Gasteiger partial charge in [-0.05, 0) is 161 Å². The van der Waals surface area contributed by atoms with Crippen molar-refractivity contribution in [3.63, 3.8) is 0 Å². The number of hydrogen-bond donors (Lipinski definition) is 0. The van der Waals surface area contributed by atoms with Crippen LogP contribution >= 0.6 is 0 Å². The van der Waals surface area contributed by atoms with E-state index in [9.17, 15) is 14.4 Å². The molecule has 0 spiro atoms. The highest BCUT2D eigenvalue weighted by molar-refractivity contribution is 5.71. The summed E-state index contributed by atoms with van der Waals surface area (Å²) in [5, 5.41) is 0. The van der Waals surface area contributed by atoms with Gasteiger partial charge in [-0.25, -0.2) is 0 Å². The number of carbonyl (C=O) groups excluding carboxylic acids is 3. The van der Waals surface area contributed by atoms with Crippen LogP contribution in [0.25, 0.3) is 0 Å². The summed E-state index contributed by atoms with van der Waals surface area (Å²) >= 11 is 0. The molecule has 0 fully saturated rings. The van der Waals surface area contributed by atoms with Crippen LogP contribution in [0.15, 0.2) is 170 Å². The van der Waals surface area contributed by atoms with Crippen molar-refractivity contribution in [2.45, 2.75) is 277 Å². The lowest BCUT2D eigenvalue weighted by atomic mass is 10.1. The summed E-state index contributed by atoms with van der Waals surface area (Å²) in [6.45, 7) is 6.42. The minimum atomic E-state index is -0.819. The Labute approximate surface area is 504 Å². The summed E-state index contributed by atoms with van der Waals surface area (Å²) in [5.41, 5.74) is 0. The van der Waals surface area contributed by atoms with E-state index in [-0.39, 0.29) is 37.5 Å². The molecule has 0 aromatic rings. The van der Waals surface area contributed by atoms with Gasteiger partial charge in [0.25, 0.3) is 0 Å². The Hall–Kier alpha value is -5.23. The number of hydrogen-bond acceptors (Lipinski definition) is 6. The Morgan fingerprint density at radius 3 is 0.793 bits per heavy atom. The van der Waals surface area contributed by atoms with Gasteiger partial charge in [-0.2, -0.15) is 0 Å². The van der Waals surface area contributed by atoms with E-state index in [1.165, 1.54) is 57.8 Å². The summed E-state index contributed by atoms with van der Waals surface area (Å²) in [5.74, 6) is -0.987. The van der Waals surface area contributed by atoms with E-state index in [4.69, 9.17) is 14.2 Å². The van der Waals surface area contributed by atoms with Crippen LogP contribution in [-0.2, 0) is 28.6 Å². The molecule has 0 aliphatic rings. The Kier molecular flexibility index (Phi) is 63.9. The van der Waals surface area contributed by atoms with Crippen LogP contribution in [0, 0.1) is 0 Å². The van der Waals surface area contributed by atoms with E-state index in [1.807, 2.05) is 0 Å². The smallest absolute Gasteiger partial charge is 0.306 e. The molecule has 0 aromatic heterocycles. The molecule has 0 saturated heterocycles. The third kappa shape index (κ3) is 65.6. The van der Waals surface area contributed by atoms with Gasteiger partial charge in [0.2, 0.25) is 0 Å². The Morgan fingerprint density at radius 2 is 0.476 bits per heavy atom. The second-order valence-electron chi connectivity index (χ2n) is 21.3. The van der Waals surface area contributed by atoms with Crippen molar-refractivity contribution >= 4 is 17.9 Å². The lowest BCUT2D eigenvalue weighted by Gasteiger charge is -2.18. The van der Waals surface area contributed by atoms with Crippen molar-refractivity contribution in [3.05, 3.63) is 170 Å². The molecule has 6 heteroatoms. The first kappa shape index (κ1) is 76.8. The highest BCUT2D eigenvalue weighted by Gasteiger charge is 2.19. The zero-order chi connectivity index (χ0) is 59.2. The predicted octanol–water partition coefficient (Wildman–Crippen LogP) is 23.0. The molecule has 82 heavy (non-hydrogen) atoms. The summed E-state index contributed by atoms with van der Waals surface area (Å²) < 4.78 is 16.9. The van der Waals surface area contributed by atoms with Gasteiger partial charge in [0.05, 0.1) is 0 Å². The van der Waals surface area contributed by atoms with Crippen LogP contribution in [0.5, 0.6) is 0 Å². The molecule has 0 heterocycles. The van der Waals surface area contributed by atoms with E-state index in [2.05, 4.69) is 191 Å². The fourth-order valence-electron chi connectivity index (χ4n) is 8.47. The van der Waals surface area contributed by atoms with Crippen LogP contribution in [-0.4, -0.2) is 37.2 Å². The second kappa shape index (κ2) is 68.3. The minimum absolute atomic E-state index is 0.112. The minimum Gasteiger partial charge on any atom is -0.462 e. The summed E-state index contributed by atoms with van der Waals surface area (Å²) in [4.78, 5) is 38.3. The van der Waals surface area contributed by atoms with Crippen LogP contribution in [0.2, 0.25) is 0 Å². The fraction of sp³-hybridized carbons (Fsp3) is 0.592. The lowest BCUT2D eigenvalue weighted by molar-refractivity contribution is -0.167. The molecule has 0 bridgehead atoms. The first-order valence-corrected chi connectivity index (χ1v) is 33.1. The standard InChI is InChI=1S/C76H120O6/c1-4-7-10-13-16-19-22-25-28-30-31-32-33-34-35-36-37-38-39-40-41-42-43-44-45-46-49-51-54-57-60-63-66-69-75(78)81-72-73(71-80-74(77)68-65-62-59-56-53-50-47-27-24-21-18-15-12-9-6-3)82-76(79)70-67-64-61-58-55-52-48-29-26-23-20-17-14-11-8-5-2/h7,10,16,18-21,23,25,27-29,31-32,34-35,37-38,40-41,43-44,46-49,54,57,73H,4-6,8-9,11-15,17,22,24,26,30,33,36,39,42,45,50-53,55-56,58-72H2,1-3H3/b10-7-,19-16-,21-18-,23-20-,28-25-,32-31-,35-34-,38-37-,41-40-,44-43-,47-27-,48-29-,49-46-,57-54-. The maximum atomic E-state index is 12.9. The number of esters is 3. The number of allylic oxidation sites excluding steroid dienone is 28. The van der Waals surface area contributed by atoms with Crippen LogP contribution < -0.4 is 0 Å². The highest BCUT2D eigenvalue weighted by atomic mass is 16.6. The predicted molar refractivity (Wildman–Crippen MR) is 357 cm³/mol. The molecule has 0 aromatic carbocycles. The van der Waals surface area contributed by atoms with Crippen molar-refractivity contribution in [3.8, 4) is 0 Å². The van der Waals surface area contributed by atoms with Gasteiger partial charge in [0.15, 0.2) is 6.10 Å². The summed E-state index contributed by atoms with van der Waals surface area (Å²) in [6.07, 6.45) is 101. The average Bonchev–Trinajstić information content (AvgIpc) is 3.47. The SMILES string of the molecule is CC/C=C\C/C=C\C/C=C\C/C=C\C/C=C\C/C=C\C/C=C\C/C=C\C/C=C\C/C=C\CCCCC(=O)OCC(COC(=O)CCCCCCC/C=C\C/C=C\CCCCC)OC(=O)CCCCCCC/C=C\C/C=C\CCCCCC. The van der Waals surface area contributed by atoms with Crippen LogP contribution in [0.1, 0.15) is 271 Å². The van der Waals surface area contributed by atoms with Gasteiger partial charge in [-0.15, -0.1) is 0 Å². The molecule has 0 rings (SSSR count). The maximum absolute atomic E-state index is 12.9. The Bertz CT molecular complexity index is 1870. The molecule has 6 nitrogen and oxygen atoms in total. The molecular weight excluding hydrogens is 1010 g/mol. The van der Waals surface area contributed by atoms with E-state index in [0.29, 0.717) is 19.3 Å². The number of unbranched alkanes of at least 4 members (excludes halogenated alkanes) is 19. The first-order valence-electron chi connectivity index (χ1n) is 33.1. The molecule has 0 radical (unpaired) electrons. The normalized spacial score (nSPS) is 13.3. The quantitative estimate of drug-likeness (QED) is 0.0261. The van der Waals surface area contributed by atoms with Crippen LogP contribution in [0.4, 0.5) is 0 Å². The van der Waals surface area contributed by atoms with Crippen molar-refractivity contribution < 1.29 is 28.6 Å². The van der Waals surface area contributed by atoms with Crippen molar-refractivity contribution in [2.24, 2.45) is 0 Å². The van der Waals surface area contributed by atoms with Gasteiger partial charge < -0.3 is 14.2 Å². The largest absolute Gasteiger partial charge is 0.462 e. The molecule has 0 aliphatic carbocycles. The molecule has 0 aliphatic heterocycles. The highest BCUT2D eigenvalue weighted by Crippen LogP contribution is 2.13. The Balaban J connectivity index is 4.44. The number of rotatable bonds is 58. The zero-order valence-electron chi connectivity index (χ0n) is 52.7. The van der Waals surface area contributed by atoms with Gasteiger partial charge in [-0.3, -0.25) is 14.4 Å². The van der Waals surface area contributed by atoms with Crippen molar-refractivity contribution in [1.82, 2.24) is 0 Å². The molecule has 1 unspecified atom stereocenters. The molecule has 0 amide bonds. The van der Waals surface area contributed by atoms with Gasteiger partial charge >= 0.3 is 17.9 Å². The summed E-state index contributed by atoms with van der Waals surface area (Å²) in [7, 11) is 0. The summed E-state index contributed by atoms with van der Waals surface area (Å²) in [6, 6.07) is 0. The molecular formula is C76H120O6. The monoisotopic (exact) mass is 1130 g/mol. The maximum Gasteiger partial charge on any atom is 0.306 e. The lowest BCUT2D eigenvalue weighted by Crippen LogP contribution is -2.30. The third-order valence-corrected chi connectivity index (χ3v) is 13.4. The van der Waals surface area contributed by atoms with Crippen molar-refractivity contribution in [1.29, 1.82) is 0 Å². The number of ether oxygens (including phenoxy) is 3. The van der Waals surface area contributed by atoms with E-state index < -0.39 is 6.10 Å². The van der Waals surface area contributed by atoms with Gasteiger partial charge in [-0.1, -0.05) is 262 Å². The Morgan fingerprint density at radius 1 is 0.256 bits per heavy atom. The van der Waals surface area contributed by atoms with Gasteiger partial charge in [0.1, 0.15) is 13.2 Å². The van der Waals surface area contributed by atoms with Gasteiger partial charge in [0, 0.05) is 19.3 Å². The van der Waals surface area contributed by atoms with Crippen LogP contribution in [0.3, 0.4) is 0 Å². The fourth-order valence-corrected chi connectivity index (χ4v) is 8.47. The van der Waals surface area contributed by atoms with E-state index in [1.54, 1.807) is 0 Å². The molecule has 1 atom stereocenters. The molecule has 460 valence electrons. The molecule has 0 N–H and O–H groups in total. The van der Waals surface area contributed by atoms with Crippen molar-refractivity contribution in [2.75, 3.05) is 13.2 Å². The topological polar surface area (TPSA) is 78.9 Å². The zero-order valence-corrected chi connectivity index (χ0v) is 52.7. The first-order chi connectivity index (χ1) is 40.5. The third-order valence-electron chi connectivity index (χ3n) is 13.4. The second-order valence-corrected chi connectivity index (χ2v) is 21.3. The molecule has 0 saturated carbocycles. The van der Waals surface area contributed by atoms with E-state index >= 15 is 0 Å². The average molecular weight is 1130 g/mol. The number of carbonyl (C=O) groups is 3.